The molecule has 2 nitrogen and oxygen atoms in total. The molecule has 3 rings (SSSR count). The molecule has 2 aromatic rings. The Morgan fingerprint density at radius 3 is 2.72 bits per heavy atom. The first-order chi connectivity index (χ1) is 8.75. The van der Waals surface area contributed by atoms with E-state index in [2.05, 4.69) is 0 Å². The van der Waals surface area contributed by atoms with Crippen LogP contribution in [0.3, 0.4) is 0 Å². The monoisotopic (exact) mass is 237 g/mol. The minimum Gasteiger partial charge on any atom is -0.351 e. The smallest absolute Gasteiger partial charge is 0.189 e. The second kappa shape index (κ2) is 4.30. The van der Waals surface area contributed by atoms with Gasteiger partial charge in [-0.3, -0.25) is 4.79 Å². The third-order valence-electron chi connectivity index (χ3n) is 3.52. The number of Topliss-reactive ketones (excluding diaryl/α,β-unsaturated/α-hetero) is 1. The van der Waals surface area contributed by atoms with E-state index in [1.807, 2.05) is 60.3 Å². The van der Waals surface area contributed by atoms with Gasteiger partial charge in [-0.1, -0.05) is 24.3 Å². The SMILES string of the molecule is Cn1cccc1C=C1CCc2ccccc2C1=O. The first kappa shape index (κ1) is 11.0. The van der Waals surface area contributed by atoms with E-state index in [0.29, 0.717) is 0 Å². The molecule has 90 valence electrons. The minimum atomic E-state index is 0.179. The highest BCUT2D eigenvalue weighted by Gasteiger charge is 2.21. The molecule has 1 aromatic heterocycles. The summed E-state index contributed by atoms with van der Waals surface area (Å²) in [7, 11) is 1.99. The zero-order valence-corrected chi connectivity index (χ0v) is 10.4. The van der Waals surface area contributed by atoms with E-state index in [4.69, 9.17) is 0 Å². The summed E-state index contributed by atoms with van der Waals surface area (Å²) in [6.45, 7) is 0. The number of nitrogens with zero attached hydrogens (tertiary/aromatic N) is 1. The van der Waals surface area contributed by atoms with Gasteiger partial charge >= 0.3 is 0 Å². The van der Waals surface area contributed by atoms with Gasteiger partial charge in [0, 0.05) is 30.1 Å². The van der Waals surface area contributed by atoms with Gasteiger partial charge in [0.25, 0.3) is 0 Å². The molecule has 1 aliphatic rings. The summed E-state index contributed by atoms with van der Waals surface area (Å²) in [4.78, 5) is 12.4. The summed E-state index contributed by atoms with van der Waals surface area (Å²) >= 11 is 0. The van der Waals surface area contributed by atoms with Gasteiger partial charge in [0.2, 0.25) is 0 Å². The van der Waals surface area contributed by atoms with Crippen molar-refractivity contribution in [2.45, 2.75) is 12.8 Å². The molecule has 0 atom stereocenters. The van der Waals surface area contributed by atoms with Crippen LogP contribution in [-0.4, -0.2) is 10.4 Å². The maximum Gasteiger partial charge on any atom is 0.189 e. The number of ketones is 1. The van der Waals surface area contributed by atoms with Crippen molar-refractivity contribution in [1.29, 1.82) is 0 Å². The van der Waals surface area contributed by atoms with Gasteiger partial charge in [0.05, 0.1) is 0 Å². The fourth-order valence-corrected chi connectivity index (χ4v) is 2.46. The van der Waals surface area contributed by atoms with E-state index in [1.165, 1.54) is 5.56 Å². The Kier molecular flexibility index (Phi) is 2.63. The molecule has 2 heteroatoms. The number of hydrogen-bond acceptors (Lipinski definition) is 1. The molecule has 18 heavy (non-hydrogen) atoms. The lowest BCUT2D eigenvalue weighted by Gasteiger charge is -2.17. The maximum absolute atomic E-state index is 12.4. The maximum atomic E-state index is 12.4. The standard InChI is InChI=1S/C16H15NO/c1-17-10-4-6-14(17)11-13-9-8-12-5-2-3-7-15(12)16(13)18/h2-7,10-11H,8-9H2,1H3. The fraction of sp³-hybridized carbons (Fsp3) is 0.188. The minimum absolute atomic E-state index is 0.179. The lowest BCUT2D eigenvalue weighted by molar-refractivity contribution is 0.102. The van der Waals surface area contributed by atoms with E-state index in [0.717, 1.165) is 29.7 Å². The van der Waals surface area contributed by atoms with Gasteiger partial charge in [-0.15, -0.1) is 0 Å². The number of benzene rings is 1. The molecule has 1 heterocycles. The van der Waals surface area contributed by atoms with Crippen molar-refractivity contribution in [3.63, 3.8) is 0 Å². The molecular weight excluding hydrogens is 222 g/mol. The van der Waals surface area contributed by atoms with Gasteiger partial charge < -0.3 is 4.57 Å². The fourth-order valence-electron chi connectivity index (χ4n) is 2.46. The predicted octanol–water partition coefficient (Wildman–Crippen LogP) is 3.24. The number of carbonyl (C=O) groups is 1. The summed E-state index contributed by atoms with van der Waals surface area (Å²) in [6.07, 6.45) is 5.80. The van der Waals surface area contributed by atoms with E-state index in [1.54, 1.807) is 0 Å². The zero-order chi connectivity index (χ0) is 12.5. The third-order valence-corrected chi connectivity index (χ3v) is 3.52. The Hall–Kier alpha value is -2.09. The molecule has 0 spiro atoms. The van der Waals surface area contributed by atoms with Crippen LogP contribution in [0.15, 0.2) is 48.2 Å². The van der Waals surface area contributed by atoms with Crippen molar-refractivity contribution in [1.82, 2.24) is 4.57 Å². The lowest BCUT2D eigenvalue weighted by Crippen LogP contribution is -2.14. The van der Waals surface area contributed by atoms with E-state index < -0.39 is 0 Å². The lowest BCUT2D eigenvalue weighted by atomic mass is 9.86. The van der Waals surface area contributed by atoms with E-state index in [9.17, 15) is 4.79 Å². The molecule has 0 saturated carbocycles. The van der Waals surface area contributed by atoms with Crippen molar-refractivity contribution < 1.29 is 4.79 Å². The van der Waals surface area contributed by atoms with Crippen LogP contribution in [0.5, 0.6) is 0 Å². The highest BCUT2D eigenvalue weighted by molar-refractivity contribution is 6.13. The number of allylic oxidation sites excluding steroid dienone is 1. The summed E-state index contributed by atoms with van der Waals surface area (Å²) in [5, 5.41) is 0. The van der Waals surface area contributed by atoms with Crippen LogP contribution in [0.4, 0.5) is 0 Å². The summed E-state index contributed by atoms with van der Waals surface area (Å²) in [5.74, 6) is 0.179. The van der Waals surface area contributed by atoms with E-state index in [-0.39, 0.29) is 5.78 Å². The van der Waals surface area contributed by atoms with Gasteiger partial charge in [0.15, 0.2) is 5.78 Å². The van der Waals surface area contributed by atoms with Crippen LogP contribution in [0.25, 0.3) is 6.08 Å². The third kappa shape index (κ3) is 1.80. The summed E-state index contributed by atoms with van der Waals surface area (Å²) in [5.41, 5.74) is 4.03. The topological polar surface area (TPSA) is 22.0 Å². The Balaban J connectivity index is 2.01. The normalized spacial score (nSPS) is 16.9. The molecule has 0 radical (unpaired) electrons. The van der Waals surface area contributed by atoms with Crippen LogP contribution in [-0.2, 0) is 13.5 Å². The summed E-state index contributed by atoms with van der Waals surface area (Å²) < 4.78 is 2.03. The molecule has 0 bridgehead atoms. The van der Waals surface area contributed by atoms with Crippen molar-refractivity contribution in [3.8, 4) is 0 Å². The number of fused-ring (bicyclic) bond motifs is 1. The van der Waals surface area contributed by atoms with E-state index >= 15 is 0 Å². The average molecular weight is 237 g/mol. The zero-order valence-electron chi connectivity index (χ0n) is 10.4. The van der Waals surface area contributed by atoms with Gasteiger partial charge in [0.1, 0.15) is 0 Å². The molecule has 0 saturated heterocycles. The van der Waals surface area contributed by atoms with Crippen molar-refractivity contribution in [3.05, 3.63) is 65.0 Å². The van der Waals surface area contributed by atoms with Gasteiger partial charge in [-0.25, -0.2) is 0 Å². The van der Waals surface area contributed by atoms with Crippen LogP contribution in [0.2, 0.25) is 0 Å². The van der Waals surface area contributed by atoms with Gasteiger partial charge in [-0.05, 0) is 36.6 Å². The molecule has 1 aliphatic carbocycles. The number of aromatic nitrogens is 1. The second-order valence-electron chi connectivity index (χ2n) is 4.70. The highest BCUT2D eigenvalue weighted by Crippen LogP contribution is 2.26. The number of aryl methyl sites for hydroxylation is 2. The predicted molar refractivity (Wildman–Crippen MR) is 72.5 cm³/mol. The van der Waals surface area contributed by atoms with Crippen LogP contribution in [0.1, 0.15) is 28.0 Å². The van der Waals surface area contributed by atoms with Crippen LogP contribution in [0, 0.1) is 0 Å². The van der Waals surface area contributed by atoms with Crippen molar-refractivity contribution in [2.75, 3.05) is 0 Å². The molecule has 0 unspecified atom stereocenters. The first-order valence-electron chi connectivity index (χ1n) is 6.20. The molecule has 0 amide bonds. The van der Waals surface area contributed by atoms with Crippen molar-refractivity contribution in [2.24, 2.45) is 7.05 Å². The largest absolute Gasteiger partial charge is 0.351 e. The Labute approximate surface area is 107 Å². The molecule has 0 aliphatic heterocycles. The van der Waals surface area contributed by atoms with Crippen LogP contribution < -0.4 is 0 Å². The highest BCUT2D eigenvalue weighted by atomic mass is 16.1. The molecule has 1 aromatic carbocycles. The molecular formula is C16H15NO. The average Bonchev–Trinajstić information content (AvgIpc) is 2.79. The Bertz CT molecular complexity index is 634. The Morgan fingerprint density at radius 2 is 1.94 bits per heavy atom. The molecule has 0 fully saturated rings. The van der Waals surface area contributed by atoms with Crippen LogP contribution >= 0.6 is 0 Å². The second-order valence-corrected chi connectivity index (χ2v) is 4.70. The molecule has 0 N–H and O–H groups in total. The number of rotatable bonds is 1. The number of carbonyl (C=O) groups excluding carboxylic acids is 1. The number of hydrogen-bond donors (Lipinski definition) is 0. The quantitative estimate of drug-likeness (QED) is 0.698. The first-order valence-corrected chi connectivity index (χ1v) is 6.20. The Morgan fingerprint density at radius 1 is 1.11 bits per heavy atom. The van der Waals surface area contributed by atoms with Crippen molar-refractivity contribution >= 4 is 11.9 Å². The summed E-state index contributed by atoms with van der Waals surface area (Å²) in [6, 6.07) is 11.9. The van der Waals surface area contributed by atoms with Gasteiger partial charge in [-0.2, -0.15) is 0 Å².